The normalized spacial score (nSPS) is 9.57. The van der Waals surface area contributed by atoms with Gasteiger partial charge in [-0.15, -0.1) is 0 Å². The fraction of sp³-hybridized carbons (Fsp3) is 0.250. The van der Waals surface area contributed by atoms with E-state index in [1.807, 2.05) is 43.1 Å². The molecule has 2 heteroatoms. The molecule has 0 atom stereocenters. The van der Waals surface area contributed by atoms with E-state index in [2.05, 4.69) is 6.58 Å². The third-order valence-electron chi connectivity index (χ3n) is 1.98. The monoisotopic (exact) mass is 189 g/mol. The Bertz CT molecular complexity index is 344. The van der Waals surface area contributed by atoms with Crippen LogP contribution in [0.1, 0.15) is 17.3 Å². The van der Waals surface area contributed by atoms with Crippen LogP contribution < -0.4 is 4.90 Å². The van der Waals surface area contributed by atoms with E-state index in [1.165, 1.54) is 0 Å². The van der Waals surface area contributed by atoms with Crippen LogP contribution in [-0.2, 0) is 0 Å². The Labute approximate surface area is 84.9 Å². The molecule has 1 rings (SSSR count). The molecule has 0 radical (unpaired) electrons. The lowest BCUT2D eigenvalue weighted by Crippen LogP contribution is -2.20. The van der Waals surface area contributed by atoms with Gasteiger partial charge < -0.3 is 4.90 Å². The van der Waals surface area contributed by atoms with Crippen LogP contribution in [0.5, 0.6) is 0 Å². The Morgan fingerprint density at radius 2 is 2.14 bits per heavy atom. The number of hydrogen-bond donors (Lipinski definition) is 0. The molecule has 0 unspecified atom stereocenters. The highest BCUT2D eigenvalue weighted by atomic mass is 16.1. The molecule has 0 aliphatic rings. The summed E-state index contributed by atoms with van der Waals surface area (Å²) in [5.41, 5.74) is 2.75. The Morgan fingerprint density at radius 3 is 2.71 bits per heavy atom. The van der Waals surface area contributed by atoms with Crippen molar-refractivity contribution in [2.24, 2.45) is 0 Å². The van der Waals surface area contributed by atoms with Gasteiger partial charge in [-0.1, -0.05) is 24.3 Å². The summed E-state index contributed by atoms with van der Waals surface area (Å²) in [6.07, 6.45) is 0.879. The molecule has 2 nitrogen and oxygen atoms in total. The second kappa shape index (κ2) is 4.61. The lowest BCUT2D eigenvalue weighted by Gasteiger charge is -2.20. The molecule has 14 heavy (non-hydrogen) atoms. The molecule has 0 N–H and O–H groups in total. The minimum atomic E-state index is 0.719. The molecule has 0 spiro atoms. The lowest BCUT2D eigenvalue weighted by molar-refractivity contribution is 0.112. The van der Waals surface area contributed by atoms with Crippen LogP contribution in [0.3, 0.4) is 0 Å². The van der Waals surface area contributed by atoms with Crippen molar-refractivity contribution in [3.63, 3.8) is 0 Å². The summed E-state index contributed by atoms with van der Waals surface area (Å²) >= 11 is 0. The SMILES string of the molecule is C=C(C)CN(C)c1ccccc1C=O. The molecule has 0 bridgehead atoms. The first-order valence-corrected chi connectivity index (χ1v) is 4.55. The van der Waals surface area contributed by atoms with Crippen molar-refractivity contribution in [2.45, 2.75) is 6.92 Å². The average Bonchev–Trinajstić information content (AvgIpc) is 2.16. The second-order valence-corrected chi connectivity index (χ2v) is 3.49. The third-order valence-corrected chi connectivity index (χ3v) is 1.98. The van der Waals surface area contributed by atoms with Crippen molar-refractivity contribution >= 4 is 12.0 Å². The van der Waals surface area contributed by atoms with Crippen LogP contribution in [0, 0.1) is 0 Å². The summed E-state index contributed by atoms with van der Waals surface area (Å²) in [7, 11) is 1.96. The van der Waals surface area contributed by atoms with Gasteiger partial charge in [0, 0.05) is 24.8 Å². The number of carbonyl (C=O) groups excluding carboxylic acids is 1. The van der Waals surface area contributed by atoms with Gasteiger partial charge in [0.15, 0.2) is 6.29 Å². The molecule has 1 aromatic carbocycles. The Hall–Kier alpha value is -1.57. The topological polar surface area (TPSA) is 20.3 Å². The molecule has 0 saturated heterocycles. The lowest BCUT2D eigenvalue weighted by atomic mass is 10.1. The van der Waals surface area contributed by atoms with Crippen LogP contribution in [-0.4, -0.2) is 19.9 Å². The molecule has 0 aromatic heterocycles. The zero-order valence-electron chi connectivity index (χ0n) is 8.66. The van der Waals surface area contributed by atoms with Gasteiger partial charge in [0.1, 0.15) is 0 Å². The van der Waals surface area contributed by atoms with Crippen LogP contribution in [0.2, 0.25) is 0 Å². The van der Waals surface area contributed by atoms with Gasteiger partial charge >= 0.3 is 0 Å². The van der Waals surface area contributed by atoms with Crippen molar-refractivity contribution in [3.8, 4) is 0 Å². The number of rotatable bonds is 4. The summed E-state index contributed by atoms with van der Waals surface area (Å²) in [5.74, 6) is 0. The second-order valence-electron chi connectivity index (χ2n) is 3.49. The summed E-state index contributed by atoms with van der Waals surface area (Å²) < 4.78 is 0. The third kappa shape index (κ3) is 2.46. The van der Waals surface area contributed by atoms with Crippen LogP contribution in [0.4, 0.5) is 5.69 Å². The zero-order chi connectivity index (χ0) is 10.6. The Kier molecular flexibility index (Phi) is 3.46. The van der Waals surface area contributed by atoms with E-state index in [-0.39, 0.29) is 0 Å². The van der Waals surface area contributed by atoms with Gasteiger partial charge in [-0.25, -0.2) is 0 Å². The zero-order valence-corrected chi connectivity index (χ0v) is 8.66. The maximum Gasteiger partial charge on any atom is 0.152 e. The molecular weight excluding hydrogens is 174 g/mol. The molecule has 74 valence electrons. The largest absolute Gasteiger partial charge is 0.370 e. The minimum absolute atomic E-state index is 0.719. The highest BCUT2D eigenvalue weighted by Gasteiger charge is 2.05. The van der Waals surface area contributed by atoms with Crippen molar-refractivity contribution in [1.29, 1.82) is 0 Å². The molecule has 1 aromatic rings. The van der Waals surface area contributed by atoms with Gasteiger partial charge in [-0.05, 0) is 19.1 Å². The van der Waals surface area contributed by atoms with Gasteiger partial charge in [0.05, 0.1) is 0 Å². The van der Waals surface area contributed by atoms with E-state index in [9.17, 15) is 4.79 Å². The highest BCUT2D eigenvalue weighted by Crippen LogP contribution is 2.17. The summed E-state index contributed by atoms with van der Waals surface area (Å²) in [4.78, 5) is 12.8. The minimum Gasteiger partial charge on any atom is -0.370 e. The van der Waals surface area contributed by atoms with Gasteiger partial charge in [0.25, 0.3) is 0 Å². The highest BCUT2D eigenvalue weighted by molar-refractivity contribution is 5.84. The first-order chi connectivity index (χ1) is 6.65. The maximum absolute atomic E-state index is 10.8. The van der Waals surface area contributed by atoms with E-state index in [0.717, 1.165) is 29.7 Å². The number of likely N-dealkylation sites (N-methyl/N-ethyl adjacent to an activating group) is 1. The van der Waals surface area contributed by atoms with Crippen molar-refractivity contribution in [3.05, 3.63) is 42.0 Å². The number of aldehydes is 1. The van der Waals surface area contributed by atoms with Gasteiger partial charge in [-0.2, -0.15) is 0 Å². The van der Waals surface area contributed by atoms with Gasteiger partial charge in [0.2, 0.25) is 0 Å². The van der Waals surface area contributed by atoms with E-state index in [4.69, 9.17) is 0 Å². The number of anilines is 1. The van der Waals surface area contributed by atoms with Crippen LogP contribution in [0.25, 0.3) is 0 Å². The van der Waals surface area contributed by atoms with Crippen LogP contribution in [0.15, 0.2) is 36.4 Å². The molecule has 0 saturated carbocycles. The maximum atomic E-state index is 10.8. The number of benzene rings is 1. The van der Waals surface area contributed by atoms with Crippen LogP contribution >= 0.6 is 0 Å². The number of nitrogens with zero attached hydrogens (tertiary/aromatic N) is 1. The quantitative estimate of drug-likeness (QED) is 0.536. The number of para-hydroxylation sites is 1. The predicted octanol–water partition coefficient (Wildman–Crippen LogP) is 2.51. The Balaban J connectivity index is 2.93. The van der Waals surface area contributed by atoms with Gasteiger partial charge in [-0.3, -0.25) is 4.79 Å². The average molecular weight is 189 g/mol. The first kappa shape index (κ1) is 10.5. The van der Waals surface area contributed by atoms with E-state index >= 15 is 0 Å². The molecule has 0 heterocycles. The summed E-state index contributed by atoms with van der Waals surface area (Å²) in [6, 6.07) is 7.54. The molecule has 0 fully saturated rings. The van der Waals surface area contributed by atoms with Crippen molar-refractivity contribution in [1.82, 2.24) is 0 Å². The fourth-order valence-electron chi connectivity index (χ4n) is 1.42. The summed E-state index contributed by atoms with van der Waals surface area (Å²) in [5, 5.41) is 0. The first-order valence-electron chi connectivity index (χ1n) is 4.55. The number of carbonyl (C=O) groups is 1. The fourth-order valence-corrected chi connectivity index (χ4v) is 1.42. The van der Waals surface area contributed by atoms with E-state index in [1.54, 1.807) is 0 Å². The predicted molar refractivity (Wildman–Crippen MR) is 59.9 cm³/mol. The Morgan fingerprint density at radius 1 is 1.50 bits per heavy atom. The molecule has 0 aliphatic carbocycles. The number of hydrogen-bond acceptors (Lipinski definition) is 2. The molecule has 0 aliphatic heterocycles. The van der Waals surface area contributed by atoms with Crippen molar-refractivity contribution < 1.29 is 4.79 Å². The summed E-state index contributed by atoms with van der Waals surface area (Å²) in [6.45, 7) is 6.59. The van der Waals surface area contributed by atoms with Crippen molar-refractivity contribution in [2.75, 3.05) is 18.5 Å². The standard InChI is InChI=1S/C12H15NO/c1-10(2)8-13(3)12-7-5-4-6-11(12)9-14/h4-7,9H,1,8H2,2-3H3. The molecular formula is C12H15NO. The van der Waals surface area contributed by atoms with E-state index < -0.39 is 0 Å². The molecule has 0 amide bonds. The smallest absolute Gasteiger partial charge is 0.152 e. The van der Waals surface area contributed by atoms with E-state index in [0.29, 0.717) is 0 Å².